The number of rotatable bonds is 3. The molecule has 2 N–H and O–H groups in total. The molecule has 1 fully saturated rings. The Hall–Kier alpha value is -1.36. The van der Waals surface area contributed by atoms with Crippen molar-refractivity contribution in [2.45, 2.75) is 25.7 Å². The summed E-state index contributed by atoms with van der Waals surface area (Å²) in [7, 11) is 0. The second-order valence-corrected chi connectivity index (χ2v) is 5.75. The van der Waals surface area contributed by atoms with Gasteiger partial charge in [-0.1, -0.05) is 34.8 Å². The molecule has 2 atom stereocenters. The molecule has 1 saturated carbocycles. The van der Waals surface area contributed by atoms with Crippen molar-refractivity contribution in [3.63, 3.8) is 0 Å². The van der Waals surface area contributed by atoms with Crippen LogP contribution in [-0.2, 0) is 9.59 Å². The summed E-state index contributed by atoms with van der Waals surface area (Å²) >= 11 is 3.34. The summed E-state index contributed by atoms with van der Waals surface area (Å²) in [6, 6.07) is 7.29. The lowest BCUT2D eigenvalue weighted by atomic mass is 9.78. The van der Waals surface area contributed by atoms with E-state index in [1.54, 1.807) is 12.1 Å². The molecule has 102 valence electrons. The second kappa shape index (κ2) is 6.19. The molecule has 1 aromatic rings. The highest BCUT2D eigenvalue weighted by molar-refractivity contribution is 9.10. The molecular formula is C14H16BrNO3. The van der Waals surface area contributed by atoms with Crippen molar-refractivity contribution in [1.29, 1.82) is 0 Å². The Morgan fingerprint density at radius 1 is 1.21 bits per heavy atom. The molecule has 5 heteroatoms. The zero-order chi connectivity index (χ0) is 13.8. The fourth-order valence-electron chi connectivity index (χ4n) is 2.54. The number of carbonyl (C=O) groups is 2. The highest BCUT2D eigenvalue weighted by Crippen LogP contribution is 2.31. The van der Waals surface area contributed by atoms with Crippen LogP contribution in [-0.4, -0.2) is 17.0 Å². The van der Waals surface area contributed by atoms with Gasteiger partial charge in [-0.15, -0.1) is 0 Å². The summed E-state index contributed by atoms with van der Waals surface area (Å²) in [6.45, 7) is 0. The second-order valence-electron chi connectivity index (χ2n) is 4.84. The minimum Gasteiger partial charge on any atom is -0.481 e. The van der Waals surface area contributed by atoms with Gasteiger partial charge in [-0.2, -0.15) is 0 Å². The summed E-state index contributed by atoms with van der Waals surface area (Å²) in [5, 5.41) is 12.0. The van der Waals surface area contributed by atoms with Gasteiger partial charge in [0.15, 0.2) is 0 Å². The first-order valence-electron chi connectivity index (χ1n) is 6.37. The zero-order valence-corrected chi connectivity index (χ0v) is 12.0. The van der Waals surface area contributed by atoms with Crippen LogP contribution in [0.15, 0.2) is 28.7 Å². The molecule has 0 heterocycles. The van der Waals surface area contributed by atoms with Crippen LogP contribution in [0.25, 0.3) is 0 Å². The first-order valence-corrected chi connectivity index (χ1v) is 7.16. The van der Waals surface area contributed by atoms with Gasteiger partial charge in [-0.25, -0.2) is 0 Å². The molecule has 0 aromatic heterocycles. The lowest BCUT2D eigenvalue weighted by Gasteiger charge is -2.27. The highest BCUT2D eigenvalue weighted by Gasteiger charge is 2.35. The summed E-state index contributed by atoms with van der Waals surface area (Å²) < 4.78 is 0.878. The van der Waals surface area contributed by atoms with Crippen LogP contribution < -0.4 is 5.32 Å². The number of halogens is 1. The number of carboxylic acid groups (broad SMARTS) is 1. The molecule has 0 unspecified atom stereocenters. The highest BCUT2D eigenvalue weighted by atomic mass is 79.9. The van der Waals surface area contributed by atoms with E-state index < -0.39 is 17.8 Å². The van der Waals surface area contributed by atoms with Crippen molar-refractivity contribution in [3.8, 4) is 0 Å². The van der Waals surface area contributed by atoms with Crippen LogP contribution >= 0.6 is 15.9 Å². The first kappa shape index (κ1) is 14.1. The summed E-state index contributed by atoms with van der Waals surface area (Å²) in [4.78, 5) is 23.4. The van der Waals surface area contributed by atoms with Crippen LogP contribution in [0.4, 0.5) is 5.69 Å². The molecule has 19 heavy (non-hydrogen) atoms. The molecule has 2 rings (SSSR count). The molecule has 0 spiro atoms. The smallest absolute Gasteiger partial charge is 0.307 e. The van der Waals surface area contributed by atoms with E-state index in [1.165, 1.54) is 0 Å². The zero-order valence-electron chi connectivity index (χ0n) is 10.4. The van der Waals surface area contributed by atoms with Crippen molar-refractivity contribution in [3.05, 3.63) is 28.7 Å². The first-order chi connectivity index (χ1) is 9.08. The molecule has 4 nitrogen and oxygen atoms in total. The van der Waals surface area contributed by atoms with Crippen LogP contribution in [0.1, 0.15) is 25.7 Å². The fraction of sp³-hybridized carbons (Fsp3) is 0.429. The Balaban J connectivity index is 2.07. The predicted octanol–water partition coefficient (Wildman–Crippen LogP) is 3.28. The van der Waals surface area contributed by atoms with E-state index in [0.717, 1.165) is 17.3 Å². The summed E-state index contributed by atoms with van der Waals surface area (Å²) in [6.07, 6.45) is 3.04. The van der Waals surface area contributed by atoms with E-state index in [0.29, 0.717) is 18.5 Å². The molecule has 1 aromatic carbocycles. The maximum absolute atomic E-state index is 12.2. The van der Waals surface area contributed by atoms with E-state index in [2.05, 4.69) is 21.2 Å². The lowest BCUT2D eigenvalue weighted by Crippen LogP contribution is -2.36. The number of carboxylic acids is 1. The van der Waals surface area contributed by atoms with Gasteiger partial charge in [0.25, 0.3) is 0 Å². The number of hydrogen-bond acceptors (Lipinski definition) is 2. The monoisotopic (exact) mass is 325 g/mol. The Kier molecular flexibility index (Phi) is 4.58. The van der Waals surface area contributed by atoms with Crippen LogP contribution in [0.3, 0.4) is 0 Å². The van der Waals surface area contributed by atoms with Crippen molar-refractivity contribution in [1.82, 2.24) is 0 Å². The third-order valence-corrected chi connectivity index (χ3v) is 4.01. The van der Waals surface area contributed by atoms with Gasteiger partial charge in [0.1, 0.15) is 0 Å². The number of amides is 1. The minimum absolute atomic E-state index is 0.190. The number of aliphatic carboxylic acids is 1. The summed E-state index contributed by atoms with van der Waals surface area (Å²) in [5.74, 6) is -2.04. The van der Waals surface area contributed by atoms with Gasteiger partial charge in [-0.05, 0) is 31.0 Å². The number of anilines is 1. The maximum atomic E-state index is 12.2. The summed E-state index contributed by atoms with van der Waals surface area (Å²) in [5.41, 5.74) is 0.689. The van der Waals surface area contributed by atoms with Crippen LogP contribution in [0.5, 0.6) is 0 Å². The van der Waals surface area contributed by atoms with E-state index in [9.17, 15) is 14.7 Å². The van der Waals surface area contributed by atoms with Crippen molar-refractivity contribution in [2.24, 2.45) is 11.8 Å². The number of hydrogen-bond donors (Lipinski definition) is 2. The molecule has 0 saturated heterocycles. The minimum atomic E-state index is -0.867. The maximum Gasteiger partial charge on any atom is 0.307 e. The Bertz CT molecular complexity index is 489. The fourth-order valence-corrected chi connectivity index (χ4v) is 2.94. The van der Waals surface area contributed by atoms with Gasteiger partial charge < -0.3 is 10.4 Å². The van der Waals surface area contributed by atoms with Gasteiger partial charge in [0.05, 0.1) is 11.8 Å². The van der Waals surface area contributed by atoms with E-state index in [-0.39, 0.29) is 5.91 Å². The van der Waals surface area contributed by atoms with Crippen LogP contribution in [0, 0.1) is 11.8 Å². The van der Waals surface area contributed by atoms with E-state index in [1.807, 2.05) is 12.1 Å². The van der Waals surface area contributed by atoms with Gasteiger partial charge in [0, 0.05) is 10.2 Å². The standard InChI is InChI=1S/C14H16BrNO3/c15-9-4-3-5-10(8-9)16-13(17)11-6-1-2-7-12(11)14(18)19/h3-5,8,11-12H,1-2,6-7H2,(H,16,17)(H,18,19)/t11-,12-/m0/s1. The molecule has 0 radical (unpaired) electrons. The van der Waals surface area contributed by atoms with Gasteiger partial charge in [0.2, 0.25) is 5.91 Å². The van der Waals surface area contributed by atoms with Crippen molar-refractivity contribution < 1.29 is 14.7 Å². The molecule has 1 aliphatic carbocycles. The SMILES string of the molecule is O=C(O)[C@H]1CCCC[C@@H]1C(=O)Nc1cccc(Br)c1. The molecule has 1 aliphatic rings. The molecule has 0 bridgehead atoms. The predicted molar refractivity (Wildman–Crippen MR) is 75.9 cm³/mol. The van der Waals surface area contributed by atoms with Crippen LogP contribution in [0.2, 0.25) is 0 Å². The Labute approximate surface area is 120 Å². The Morgan fingerprint density at radius 2 is 1.89 bits per heavy atom. The van der Waals surface area contributed by atoms with E-state index >= 15 is 0 Å². The third-order valence-electron chi connectivity index (χ3n) is 3.51. The molecule has 0 aliphatic heterocycles. The van der Waals surface area contributed by atoms with Crippen molar-refractivity contribution in [2.75, 3.05) is 5.32 Å². The Morgan fingerprint density at radius 3 is 2.53 bits per heavy atom. The number of nitrogens with one attached hydrogen (secondary N) is 1. The molecular weight excluding hydrogens is 310 g/mol. The molecule has 1 amide bonds. The largest absolute Gasteiger partial charge is 0.481 e. The third kappa shape index (κ3) is 3.56. The number of carbonyl (C=O) groups excluding carboxylic acids is 1. The quantitative estimate of drug-likeness (QED) is 0.896. The average Bonchev–Trinajstić information content (AvgIpc) is 2.38. The number of benzene rings is 1. The van der Waals surface area contributed by atoms with E-state index in [4.69, 9.17) is 0 Å². The normalized spacial score (nSPS) is 22.8. The van der Waals surface area contributed by atoms with Crippen molar-refractivity contribution >= 4 is 33.5 Å². The van der Waals surface area contributed by atoms with Gasteiger partial charge in [-0.3, -0.25) is 9.59 Å². The van der Waals surface area contributed by atoms with Gasteiger partial charge >= 0.3 is 5.97 Å². The lowest BCUT2D eigenvalue weighted by molar-refractivity contribution is -0.147. The topological polar surface area (TPSA) is 66.4 Å². The average molecular weight is 326 g/mol.